The Morgan fingerprint density at radius 2 is 2.15 bits per heavy atom. The lowest BCUT2D eigenvalue weighted by Gasteiger charge is -2.23. The van der Waals surface area contributed by atoms with Crippen molar-refractivity contribution >= 4 is 11.6 Å². The molecule has 4 nitrogen and oxygen atoms in total. The third-order valence-electron chi connectivity index (χ3n) is 3.68. The Bertz CT molecular complexity index is 459. The molecule has 1 unspecified atom stereocenters. The van der Waals surface area contributed by atoms with Crippen molar-refractivity contribution in [1.82, 2.24) is 5.32 Å². The van der Waals surface area contributed by atoms with Crippen LogP contribution in [0.25, 0.3) is 0 Å². The maximum atomic E-state index is 6.35. The fraction of sp³-hybridized carbons (Fsp3) is 0.600. The predicted molar refractivity (Wildman–Crippen MR) is 79.9 cm³/mol. The highest BCUT2D eigenvalue weighted by Crippen LogP contribution is 2.37. The Balaban J connectivity index is 1.99. The summed E-state index contributed by atoms with van der Waals surface area (Å²) in [5.74, 6) is 1.23. The van der Waals surface area contributed by atoms with Crippen LogP contribution in [-0.4, -0.2) is 33.0 Å². The monoisotopic (exact) mass is 299 g/mol. The molecule has 1 N–H and O–H groups in total. The molecule has 1 aromatic carbocycles. The van der Waals surface area contributed by atoms with Crippen molar-refractivity contribution < 1.29 is 14.2 Å². The average Bonchev–Trinajstić information content (AvgIpc) is 2.87. The van der Waals surface area contributed by atoms with Gasteiger partial charge < -0.3 is 19.5 Å². The van der Waals surface area contributed by atoms with Gasteiger partial charge in [0.25, 0.3) is 0 Å². The number of ether oxygens (including phenoxy) is 3. The van der Waals surface area contributed by atoms with Crippen LogP contribution in [0.2, 0.25) is 5.02 Å². The van der Waals surface area contributed by atoms with E-state index >= 15 is 0 Å². The molecule has 0 saturated carbocycles. The van der Waals surface area contributed by atoms with Gasteiger partial charge in [-0.25, -0.2) is 0 Å². The molecule has 1 fully saturated rings. The third kappa shape index (κ3) is 3.37. The molecule has 1 aromatic rings. The Labute approximate surface area is 125 Å². The normalized spacial score (nSPS) is 22.0. The maximum Gasteiger partial charge on any atom is 0.179 e. The van der Waals surface area contributed by atoms with Crippen LogP contribution in [0, 0.1) is 0 Å². The first-order valence-electron chi connectivity index (χ1n) is 6.83. The van der Waals surface area contributed by atoms with E-state index < -0.39 is 0 Å². The second-order valence-electron chi connectivity index (χ2n) is 5.28. The highest BCUT2D eigenvalue weighted by Gasteiger charge is 2.29. The second kappa shape index (κ2) is 6.66. The summed E-state index contributed by atoms with van der Waals surface area (Å²) in [5.41, 5.74) is 0.939. The molecule has 1 aliphatic rings. The number of rotatable bonds is 6. The van der Waals surface area contributed by atoms with Gasteiger partial charge in [-0.3, -0.25) is 0 Å². The van der Waals surface area contributed by atoms with Gasteiger partial charge in [0, 0.05) is 19.7 Å². The summed E-state index contributed by atoms with van der Waals surface area (Å²) in [6.07, 6.45) is 2.23. The van der Waals surface area contributed by atoms with Crippen LogP contribution in [-0.2, 0) is 11.3 Å². The Morgan fingerprint density at radius 3 is 2.75 bits per heavy atom. The van der Waals surface area contributed by atoms with E-state index in [0.717, 1.165) is 31.6 Å². The molecule has 1 heterocycles. The molecule has 0 radical (unpaired) electrons. The predicted octanol–water partition coefficient (Wildman–Crippen LogP) is 3.02. The molecule has 0 bridgehead atoms. The zero-order chi connectivity index (χ0) is 14.6. The molecular formula is C15H22ClNO3. The van der Waals surface area contributed by atoms with Crippen molar-refractivity contribution in [2.75, 3.05) is 27.4 Å². The first-order valence-corrected chi connectivity index (χ1v) is 7.21. The standard InChI is InChI=1S/C15H22ClNO3/c1-15(7-4-8-20-15)10-17-9-11-5-6-12(18-2)14(19-3)13(11)16/h5-6,17H,4,7-10H2,1-3H3. The fourth-order valence-electron chi connectivity index (χ4n) is 2.50. The van der Waals surface area contributed by atoms with Crippen LogP contribution in [0.15, 0.2) is 12.1 Å². The Hall–Kier alpha value is -0.970. The summed E-state index contributed by atoms with van der Waals surface area (Å²) in [4.78, 5) is 0. The molecule has 0 aliphatic carbocycles. The van der Waals surface area contributed by atoms with Crippen molar-refractivity contribution in [2.24, 2.45) is 0 Å². The third-order valence-corrected chi connectivity index (χ3v) is 4.09. The van der Waals surface area contributed by atoms with Crippen molar-refractivity contribution in [3.05, 3.63) is 22.7 Å². The van der Waals surface area contributed by atoms with Gasteiger partial charge in [-0.2, -0.15) is 0 Å². The number of hydrogen-bond acceptors (Lipinski definition) is 4. The SMILES string of the molecule is COc1ccc(CNCC2(C)CCCO2)c(Cl)c1OC. The largest absolute Gasteiger partial charge is 0.493 e. The van der Waals surface area contributed by atoms with Gasteiger partial charge in [-0.1, -0.05) is 17.7 Å². The number of halogens is 1. The first-order chi connectivity index (χ1) is 9.59. The van der Waals surface area contributed by atoms with E-state index in [1.807, 2.05) is 12.1 Å². The van der Waals surface area contributed by atoms with Crippen molar-refractivity contribution in [1.29, 1.82) is 0 Å². The van der Waals surface area contributed by atoms with Gasteiger partial charge >= 0.3 is 0 Å². The average molecular weight is 300 g/mol. The molecular weight excluding hydrogens is 278 g/mol. The van der Waals surface area contributed by atoms with Gasteiger partial charge in [-0.05, 0) is 31.4 Å². The molecule has 1 atom stereocenters. The minimum atomic E-state index is -0.0525. The minimum Gasteiger partial charge on any atom is -0.493 e. The van der Waals surface area contributed by atoms with E-state index in [0.29, 0.717) is 23.1 Å². The van der Waals surface area contributed by atoms with Crippen LogP contribution in [0.1, 0.15) is 25.3 Å². The van der Waals surface area contributed by atoms with E-state index in [2.05, 4.69) is 12.2 Å². The summed E-state index contributed by atoms with van der Waals surface area (Å²) in [5, 5.41) is 4.00. The van der Waals surface area contributed by atoms with Gasteiger partial charge in [0.15, 0.2) is 11.5 Å². The maximum absolute atomic E-state index is 6.35. The second-order valence-corrected chi connectivity index (χ2v) is 5.66. The molecule has 0 aromatic heterocycles. The molecule has 0 amide bonds. The quantitative estimate of drug-likeness (QED) is 0.876. The van der Waals surface area contributed by atoms with Crippen LogP contribution in [0.3, 0.4) is 0 Å². The summed E-state index contributed by atoms with van der Waals surface area (Å²) in [6, 6.07) is 3.82. The van der Waals surface area contributed by atoms with Gasteiger partial charge in [-0.15, -0.1) is 0 Å². The molecule has 1 saturated heterocycles. The van der Waals surface area contributed by atoms with E-state index in [-0.39, 0.29) is 5.60 Å². The van der Waals surface area contributed by atoms with E-state index in [1.165, 1.54) is 0 Å². The minimum absolute atomic E-state index is 0.0525. The fourth-order valence-corrected chi connectivity index (χ4v) is 2.80. The van der Waals surface area contributed by atoms with Crippen LogP contribution in [0.4, 0.5) is 0 Å². The van der Waals surface area contributed by atoms with Crippen LogP contribution >= 0.6 is 11.6 Å². The highest BCUT2D eigenvalue weighted by atomic mass is 35.5. The molecule has 2 rings (SSSR count). The van der Waals surface area contributed by atoms with E-state index in [4.69, 9.17) is 25.8 Å². The van der Waals surface area contributed by atoms with Crippen LogP contribution < -0.4 is 14.8 Å². The van der Waals surface area contributed by atoms with Crippen molar-refractivity contribution in [3.63, 3.8) is 0 Å². The first kappa shape index (κ1) is 15.4. The molecule has 112 valence electrons. The Kier molecular flexibility index (Phi) is 5.13. The lowest BCUT2D eigenvalue weighted by atomic mass is 10.0. The van der Waals surface area contributed by atoms with Crippen molar-refractivity contribution in [2.45, 2.75) is 31.9 Å². The lowest BCUT2D eigenvalue weighted by molar-refractivity contribution is 0.0207. The van der Waals surface area contributed by atoms with E-state index in [9.17, 15) is 0 Å². The number of benzene rings is 1. The topological polar surface area (TPSA) is 39.7 Å². The zero-order valence-electron chi connectivity index (χ0n) is 12.3. The molecule has 5 heteroatoms. The van der Waals surface area contributed by atoms with E-state index in [1.54, 1.807) is 14.2 Å². The van der Waals surface area contributed by atoms with Crippen LogP contribution in [0.5, 0.6) is 11.5 Å². The number of methoxy groups -OCH3 is 2. The summed E-state index contributed by atoms with van der Waals surface area (Å²) >= 11 is 6.35. The Morgan fingerprint density at radius 1 is 1.35 bits per heavy atom. The zero-order valence-corrected chi connectivity index (χ0v) is 13.0. The number of nitrogens with one attached hydrogen (secondary N) is 1. The summed E-state index contributed by atoms with van der Waals surface area (Å²) in [6.45, 7) is 4.49. The number of hydrogen-bond donors (Lipinski definition) is 1. The van der Waals surface area contributed by atoms with Crippen molar-refractivity contribution in [3.8, 4) is 11.5 Å². The summed E-state index contributed by atoms with van der Waals surface area (Å²) in [7, 11) is 3.19. The molecule has 20 heavy (non-hydrogen) atoms. The lowest BCUT2D eigenvalue weighted by Crippen LogP contribution is -2.36. The van der Waals surface area contributed by atoms with Gasteiger partial charge in [0.05, 0.1) is 24.8 Å². The van der Waals surface area contributed by atoms with Gasteiger partial charge in [0.2, 0.25) is 0 Å². The molecule has 1 aliphatic heterocycles. The summed E-state index contributed by atoms with van der Waals surface area (Å²) < 4.78 is 16.3. The van der Waals surface area contributed by atoms with Gasteiger partial charge in [0.1, 0.15) is 0 Å². The molecule has 0 spiro atoms. The highest BCUT2D eigenvalue weighted by molar-refractivity contribution is 6.33. The smallest absolute Gasteiger partial charge is 0.179 e.